The summed E-state index contributed by atoms with van der Waals surface area (Å²) < 4.78 is 17.0. The molecule has 0 saturated carbocycles. The number of rotatable bonds is 3. The van der Waals surface area contributed by atoms with Crippen molar-refractivity contribution in [1.82, 2.24) is 5.54 Å². The Labute approximate surface area is 132 Å². The van der Waals surface area contributed by atoms with Gasteiger partial charge in [0.25, 0.3) is 0 Å². The number of fused-ring (bicyclic) bond motifs is 3. The van der Waals surface area contributed by atoms with E-state index in [1.165, 1.54) is 6.92 Å². The van der Waals surface area contributed by atoms with Gasteiger partial charge in [0.15, 0.2) is 0 Å². The summed E-state index contributed by atoms with van der Waals surface area (Å²) in [6.45, 7) is 1.46. The maximum Gasteiger partial charge on any atom is 0.435 e. The predicted molar refractivity (Wildman–Crippen MR) is 83.6 cm³/mol. The van der Waals surface area contributed by atoms with E-state index < -0.39 is 6.09 Å². The number of benzene rings is 2. The lowest BCUT2D eigenvalue weighted by Crippen LogP contribution is -2.19. The summed E-state index contributed by atoms with van der Waals surface area (Å²) in [5, 5.41) is 2.74. The zero-order valence-corrected chi connectivity index (χ0v) is 12.4. The molecule has 5 nitrogen and oxygen atoms in total. The molecular formula is C17H15FN2O3. The summed E-state index contributed by atoms with van der Waals surface area (Å²) in [6.07, 6.45) is -1.12. The second-order valence-corrected chi connectivity index (χ2v) is 5.32. The van der Waals surface area contributed by atoms with Crippen molar-refractivity contribution < 1.29 is 18.8 Å². The Balaban J connectivity index is 1.99. The van der Waals surface area contributed by atoms with Crippen molar-refractivity contribution in [2.75, 3.05) is 11.9 Å². The topological polar surface area (TPSA) is 67.4 Å². The minimum atomic E-state index is -1.12. The fourth-order valence-electron chi connectivity index (χ4n) is 2.96. The van der Waals surface area contributed by atoms with Crippen LogP contribution in [0.3, 0.4) is 0 Å². The van der Waals surface area contributed by atoms with Crippen LogP contribution in [0.25, 0.3) is 11.1 Å². The van der Waals surface area contributed by atoms with Crippen LogP contribution in [0.15, 0.2) is 42.5 Å². The molecule has 2 amide bonds. The Hall–Kier alpha value is -2.89. The van der Waals surface area contributed by atoms with E-state index in [0.29, 0.717) is 5.69 Å². The van der Waals surface area contributed by atoms with Gasteiger partial charge in [-0.1, -0.05) is 34.8 Å². The Kier molecular flexibility index (Phi) is 3.97. The first-order valence-electron chi connectivity index (χ1n) is 7.14. The van der Waals surface area contributed by atoms with Crippen LogP contribution in [-0.2, 0) is 9.53 Å². The molecule has 2 aromatic rings. The van der Waals surface area contributed by atoms with Crippen LogP contribution in [0.1, 0.15) is 24.0 Å². The van der Waals surface area contributed by atoms with Gasteiger partial charge in [-0.05, 0) is 34.4 Å². The van der Waals surface area contributed by atoms with Crippen molar-refractivity contribution in [3.63, 3.8) is 0 Å². The summed E-state index contributed by atoms with van der Waals surface area (Å²) in [5.74, 6) is -0.364. The monoisotopic (exact) mass is 314 g/mol. The van der Waals surface area contributed by atoms with E-state index in [0.717, 1.165) is 27.8 Å². The van der Waals surface area contributed by atoms with E-state index in [-0.39, 0.29) is 18.4 Å². The van der Waals surface area contributed by atoms with Crippen LogP contribution >= 0.6 is 0 Å². The van der Waals surface area contributed by atoms with Gasteiger partial charge in [0, 0.05) is 18.5 Å². The molecular weight excluding hydrogens is 299 g/mol. The minimum Gasteiger partial charge on any atom is -0.447 e. The SMILES string of the molecule is CC(=O)Nc1ccc2c(c1)C(COC(=O)NF)c1ccccc1-2. The van der Waals surface area contributed by atoms with E-state index >= 15 is 0 Å². The third-order valence-electron chi connectivity index (χ3n) is 3.83. The molecule has 0 bridgehead atoms. The third-order valence-corrected chi connectivity index (χ3v) is 3.83. The lowest BCUT2D eigenvalue weighted by Gasteiger charge is -2.14. The largest absolute Gasteiger partial charge is 0.447 e. The second-order valence-electron chi connectivity index (χ2n) is 5.32. The first-order valence-corrected chi connectivity index (χ1v) is 7.14. The first kappa shape index (κ1) is 15.0. The van der Waals surface area contributed by atoms with Crippen LogP contribution in [0.2, 0.25) is 0 Å². The molecule has 0 aliphatic heterocycles. The number of anilines is 1. The molecule has 0 saturated heterocycles. The number of carbonyl (C=O) groups excluding carboxylic acids is 2. The Morgan fingerprint density at radius 1 is 1.13 bits per heavy atom. The summed E-state index contributed by atoms with van der Waals surface area (Å²) in [5.41, 5.74) is 5.63. The lowest BCUT2D eigenvalue weighted by atomic mass is 9.97. The highest BCUT2D eigenvalue weighted by molar-refractivity contribution is 5.90. The molecule has 6 heteroatoms. The predicted octanol–water partition coefficient (Wildman–Crippen LogP) is 3.37. The molecule has 2 N–H and O–H groups in total. The van der Waals surface area contributed by atoms with Crippen LogP contribution in [0.5, 0.6) is 0 Å². The lowest BCUT2D eigenvalue weighted by molar-refractivity contribution is -0.114. The second kappa shape index (κ2) is 6.08. The van der Waals surface area contributed by atoms with Crippen LogP contribution < -0.4 is 10.9 Å². The smallest absolute Gasteiger partial charge is 0.435 e. The Bertz CT molecular complexity index is 776. The highest BCUT2D eigenvalue weighted by atomic mass is 19.2. The standard InChI is InChI=1S/C17H15FN2O3/c1-10(21)19-11-6-7-14-12-4-2-3-5-13(12)16(15(14)8-11)9-23-17(22)20-18/h2-8,16H,9H2,1H3,(H,19,21)(H,20,22). The molecule has 0 spiro atoms. The summed E-state index contributed by atoms with van der Waals surface area (Å²) in [6, 6.07) is 13.4. The number of amides is 2. The maximum atomic E-state index is 12.1. The van der Waals surface area contributed by atoms with Crippen LogP contribution in [0.4, 0.5) is 15.0 Å². The van der Waals surface area contributed by atoms with E-state index in [4.69, 9.17) is 4.74 Å². The van der Waals surface area contributed by atoms with Gasteiger partial charge in [-0.3, -0.25) is 4.79 Å². The van der Waals surface area contributed by atoms with Crippen molar-refractivity contribution >= 4 is 17.7 Å². The van der Waals surface area contributed by atoms with Crippen LogP contribution in [-0.4, -0.2) is 18.6 Å². The number of hydrogen-bond acceptors (Lipinski definition) is 3. The molecule has 1 aliphatic rings. The summed E-state index contributed by atoms with van der Waals surface area (Å²) >= 11 is 0. The average Bonchev–Trinajstić information content (AvgIpc) is 2.85. The normalized spacial score (nSPS) is 14.6. The van der Waals surface area contributed by atoms with Gasteiger partial charge in [-0.15, -0.1) is 0 Å². The Morgan fingerprint density at radius 3 is 2.61 bits per heavy atom. The van der Waals surface area contributed by atoms with Crippen molar-refractivity contribution in [2.24, 2.45) is 0 Å². The molecule has 3 rings (SSSR count). The molecule has 2 aromatic carbocycles. The number of carbonyl (C=O) groups is 2. The van der Waals surface area contributed by atoms with Crippen molar-refractivity contribution in [1.29, 1.82) is 0 Å². The summed E-state index contributed by atoms with van der Waals surface area (Å²) in [7, 11) is 0. The van der Waals surface area contributed by atoms with Gasteiger partial charge in [0.05, 0.1) is 0 Å². The van der Waals surface area contributed by atoms with Crippen molar-refractivity contribution in [2.45, 2.75) is 12.8 Å². The first-order chi connectivity index (χ1) is 11.1. The molecule has 0 fully saturated rings. The zero-order chi connectivity index (χ0) is 16.4. The highest BCUT2D eigenvalue weighted by Crippen LogP contribution is 2.45. The van der Waals surface area contributed by atoms with E-state index in [1.807, 2.05) is 42.5 Å². The molecule has 118 valence electrons. The zero-order valence-electron chi connectivity index (χ0n) is 12.4. The molecule has 0 aromatic heterocycles. The maximum absolute atomic E-state index is 12.1. The summed E-state index contributed by atoms with van der Waals surface area (Å²) in [4.78, 5) is 22.3. The number of ether oxygens (including phenoxy) is 1. The molecule has 0 radical (unpaired) electrons. The van der Waals surface area contributed by atoms with Gasteiger partial charge < -0.3 is 10.1 Å². The van der Waals surface area contributed by atoms with E-state index in [9.17, 15) is 14.1 Å². The van der Waals surface area contributed by atoms with E-state index in [1.54, 1.807) is 0 Å². The van der Waals surface area contributed by atoms with Gasteiger partial charge >= 0.3 is 6.09 Å². The van der Waals surface area contributed by atoms with Crippen molar-refractivity contribution in [3.05, 3.63) is 53.6 Å². The number of hydrogen-bond donors (Lipinski definition) is 2. The van der Waals surface area contributed by atoms with Crippen LogP contribution in [0, 0.1) is 0 Å². The molecule has 1 aliphatic carbocycles. The fraction of sp³-hybridized carbons (Fsp3) is 0.176. The van der Waals surface area contributed by atoms with Gasteiger partial charge in [-0.25, -0.2) is 4.79 Å². The number of nitrogens with one attached hydrogen (secondary N) is 2. The van der Waals surface area contributed by atoms with Gasteiger partial charge in [0.2, 0.25) is 5.91 Å². The van der Waals surface area contributed by atoms with Gasteiger partial charge in [0.1, 0.15) is 6.61 Å². The Morgan fingerprint density at radius 2 is 1.87 bits per heavy atom. The van der Waals surface area contributed by atoms with Crippen molar-refractivity contribution in [3.8, 4) is 11.1 Å². The highest BCUT2D eigenvalue weighted by Gasteiger charge is 2.29. The average molecular weight is 314 g/mol. The minimum absolute atomic E-state index is 0.0172. The molecule has 23 heavy (non-hydrogen) atoms. The third kappa shape index (κ3) is 2.88. The fourth-order valence-corrected chi connectivity index (χ4v) is 2.96. The quantitative estimate of drug-likeness (QED) is 0.854. The number of halogens is 1. The molecule has 0 heterocycles. The van der Waals surface area contributed by atoms with E-state index in [2.05, 4.69) is 5.32 Å². The molecule has 1 unspecified atom stereocenters. The van der Waals surface area contributed by atoms with Gasteiger partial charge in [-0.2, -0.15) is 5.54 Å². The molecule has 1 atom stereocenters.